The summed E-state index contributed by atoms with van der Waals surface area (Å²) in [4.78, 5) is 49.3. The van der Waals surface area contributed by atoms with Crippen molar-refractivity contribution in [1.82, 2.24) is 5.32 Å². The molecule has 7 N–H and O–H groups in total. The highest BCUT2D eigenvalue weighted by Crippen LogP contribution is 2.17. The van der Waals surface area contributed by atoms with Crippen molar-refractivity contribution in [2.45, 2.75) is 19.1 Å². The topological polar surface area (TPSA) is 204 Å². The van der Waals surface area contributed by atoms with E-state index in [4.69, 9.17) is 31.2 Å². The molecule has 2 rings (SSSR count). The zero-order valence-corrected chi connectivity index (χ0v) is 17.8. The fourth-order valence-corrected chi connectivity index (χ4v) is 2.35. The van der Waals surface area contributed by atoms with Crippen LogP contribution in [0, 0.1) is 0 Å². The molecule has 0 fully saturated rings. The number of aliphatic carboxylic acids is 2. The predicted molar refractivity (Wildman–Crippen MR) is 118 cm³/mol. The zero-order chi connectivity index (χ0) is 23.7. The number of carbonyl (C=O) groups is 4. The molecule has 13 heteroatoms. The molecule has 0 saturated heterocycles. The maximum Gasteiger partial charge on any atom is 0.408 e. The van der Waals surface area contributed by atoms with Crippen LogP contribution in [0.1, 0.15) is 22.3 Å². The number of nitrogens with one attached hydrogen (secondary N) is 1. The number of aliphatic imine (C=N–C) groups is 1. The number of carbonyl (C=O) groups excluding carboxylic acids is 2. The third kappa shape index (κ3) is 9.14. The Morgan fingerprint density at radius 1 is 0.970 bits per heavy atom. The molecular weight excluding hydrogens is 460 g/mol. The van der Waals surface area contributed by atoms with Crippen LogP contribution in [0.2, 0.25) is 0 Å². The van der Waals surface area contributed by atoms with Gasteiger partial charge in [-0.15, -0.1) is 12.4 Å². The molecule has 0 spiro atoms. The van der Waals surface area contributed by atoms with Gasteiger partial charge in [-0.2, -0.15) is 0 Å². The fourth-order valence-electron chi connectivity index (χ4n) is 2.35. The van der Waals surface area contributed by atoms with Crippen molar-refractivity contribution in [3.05, 3.63) is 59.7 Å². The van der Waals surface area contributed by atoms with Gasteiger partial charge in [-0.25, -0.2) is 19.4 Å². The minimum absolute atomic E-state index is 0. The quantitative estimate of drug-likeness (QED) is 0.151. The average molecular weight is 481 g/mol. The number of carboxylic acid groups (broad SMARTS) is 2. The van der Waals surface area contributed by atoms with E-state index in [1.807, 2.05) is 5.32 Å². The van der Waals surface area contributed by atoms with Gasteiger partial charge in [0.05, 0.1) is 17.7 Å². The standard InChI is InChI=1S/C20H20N4O8.ClH/c21-19(22)23-13-5-3-12(4-6-13)18(29)32-14-7-1-11(2-8-14)10-31-20(30)24-15(17(27)28)9-16(25)26;/h1-8,15H,9-10H2,(H,24,30)(H,25,26)(H,27,28)(H4,21,22,23);1H. The number of benzene rings is 2. The van der Waals surface area contributed by atoms with Gasteiger partial charge in [0.2, 0.25) is 0 Å². The number of rotatable bonds is 9. The number of hydrogen-bond acceptors (Lipinski definition) is 7. The van der Waals surface area contributed by atoms with Crippen molar-refractivity contribution in [3.8, 4) is 5.75 Å². The number of nitrogens with zero attached hydrogens (tertiary/aromatic N) is 1. The minimum atomic E-state index is -1.62. The molecule has 1 unspecified atom stereocenters. The summed E-state index contributed by atoms with van der Waals surface area (Å²) in [7, 11) is 0. The maximum atomic E-state index is 12.2. The van der Waals surface area contributed by atoms with E-state index in [2.05, 4.69) is 4.99 Å². The smallest absolute Gasteiger partial charge is 0.408 e. The highest BCUT2D eigenvalue weighted by atomic mass is 35.5. The second kappa shape index (κ2) is 12.5. The molecular formula is C20H21ClN4O8. The van der Waals surface area contributed by atoms with E-state index in [0.717, 1.165) is 0 Å². The van der Waals surface area contributed by atoms with Crippen LogP contribution in [0.5, 0.6) is 5.75 Å². The van der Waals surface area contributed by atoms with Crippen molar-refractivity contribution in [1.29, 1.82) is 0 Å². The van der Waals surface area contributed by atoms with Crippen molar-refractivity contribution < 1.29 is 38.9 Å². The number of halogens is 1. The average Bonchev–Trinajstić information content (AvgIpc) is 2.72. The molecule has 0 aliphatic rings. The van der Waals surface area contributed by atoms with Gasteiger partial charge in [0, 0.05) is 0 Å². The number of esters is 1. The van der Waals surface area contributed by atoms with Gasteiger partial charge in [0.25, 0.3) is 0 Å². The summed E-state index contributed by atoms with van der Waals surface area (Å²) in [6.07, 6.45) is -1.88. The van der Waals surface area contributed by atoms with Crippen LogP contribution in [-0.4, -0.2) is 46.2 Å². The summed E-state index contributed by atoms with van der Waals surface area (Å²) in [5.74, 6) is -3.36. The largest absolute Gasteiger partial charge is 0.481 e. The lowest BCUT2D eigenvalue weighted by Crippen LogP contribution is -2.42. The Bertz CT molecular complexity index is 1020. The Morgan fingerprint density at radius 3 is 2.09 bits per heavy atom. The molecule has 0 radical (unpaired) electrons. The number of amides is 1. The molecule has 176 valence electrons. The van der Waals surface area contributed by atoms with Gasteiger partial charge in [0.15, 0.2) is 5.96 Å². The van der Waals surface area contributed by atoms with E-state index in [1.165, 1.54) is 36.4 Å². The van der Waals surface area contributed by atoms with Crippen LogP contribution in [0.25, 0.3) is 0 Å². The Kier molecular flexibility index (Phi) is 10.1. The van der Waals surface area contributed by atoms with Gasteiger partial charge in [-0.1, -0.05) is 12.1 Å². The van der Waals surface area contributed by atoms with Gasteiger partial charge < -0.3 is 36.5 Å². The number of alkyl carbamates (subject to hydrolysis) is 1. The molecule has 2 aromatic rings. The molecule has 12 nitrogen and oxygen atoms in total. The molecule has 0 bridgehead atoms. The van der Waals surface area contributed by atoms with E-state index in [1.54, 1.807) is 12.1 Å². The fraction of sp³-hybridized carbons (Fsp3) is 0.150. The number of ether oxygens (including phenoxy) is 2. The Labute approximate surface area is 193 Å². The Balaban J connectivity index is 0.00000544. The lowest BCUT2D eigenvalue weighted by Gasteiger charge is -2.12. The summed E-state index contributed by atoms with van der Waals surface area (Å²) >= 11 is 0. The summed E-state index contributed by atoms with van der Waals surface area (Å²) < 4.78 is 10.1. The predicted octanol–water partition coefficient (Wildman–Crippen LogP) is 1.39. The maximum absolute atomic E-state index is 12.2. The van der Waals surface area contributed by atoms with Gasteiger partial charge in [0.1, 0.15) is 18.4 Å². The normalized spacial score (nSPS) is 10.7. The highest BCUT2D eigenvalue weighted by molar-refractivity contribution is 5.91. The second-order valence-corrected chi connectivity index (χ2v) is 6.33. The summed E-state index contributed by atoms with van der Waals surface area (Å²) in [5.41, 5.74) is 11.8. The second-order valence-electron chi connectivity index (χ2n) is 6.33. The zero-order valence-electron chi connectivity index (χ0n) is 17.0. The first-order chi connectivity index (χ1) is 15.1. The Hall–Kier alpha value is -4.32. The Morgan fingerprint density at radius 2 is 1.58 bits per heavy atom. The van der Waals surface area contributed by atoms with Crippen molar-refractivity contribution >= 4 is 48.1 Å². The number of nitrogens with two attached hydrogens (primary N) is 2. The van der Waals surface area contributed by atoms with E-state index in [0.29, 0.717) is 11.3 Å². The molecule has 1 atom stereocenters. The number of hydrogen-bond donors (Lipinski definition) is 5. The molecule has 0 saturated carbocycles. The van der Waals surface area contributed by atoms with Crippen LogP contribution in [-0.2, 0) is 20.9 Å². The highest BCUT2D eigenvalue weighted by Gasteiger charge is 2.23. The first-order valence-corrected chi connectivity index (χ1v) is 9.02. The monoisotopic (exact) mass is 480 g/mol. The van der Waals surface area contributed by atoms with E-state index in [9.17, 15) is 19.2 Å². The molecule has 33 heavy (non-hydrogen) atoms. The van der Waals surface area contributed by atoms with E-state index >= 15 is 0 Å². The first kappa shape index (κ1) is 26.7. The summed E-state index contributed by atoms with van der Waals surface area (Å²) in [5, 5.41) is 19.5. The summed E-state index contributed by atoms with van der Waals surface area (Å²) in [6.45, 7) is -0.217. The van der Waals surface area contributed by atoms with Crippen LogP contribution in [0.3, 0.4) is 0 Å². The lowest BCUT2D eigenvalue weighted by molar-refractivity contribution is -0.145. The molecule has 2 aromatic carbocycles. The van der Waals surface area contributed by atoms with Crippen LogP contribution in [0.15, 0.2) is 53.5 Å². The number of guanidine groups is 1. The molecule has 0 aromatic heterocycles. The molecule has 1 amide bonds. The van der Waals surface area contributed by atoms with Crippen molar-refractivity contribution in [3.63, 3.8) is 0 Å². The molecule has 0 heterocycles. The van der Waals surface area contributed by atoms with Gasteiger partial charge >= 0.3 is 24.0 Å². The third-order valence-electron chi connectivity index (χ3n) is 3.83. The van der Waals surface area contributed by atoms with Gasteiger partial charge in [-0.3, -0.25) is 4.79 Å². The molecule has 0 aliphatic carbocycles. The van der Waals surface area contributed by atoms with Gasteiger partial charge in [-0.05, 0) is 42.0 Å². The lowest BCUT2D eigenvalue weighted by atomic mass is 10.2. The minimum Gasteiger partial charge on any atom is -0.481 e. The third-order valence-corrected chi connectivity index (χ3v) is 3.83. The van der Waals surface area contributed by atoms with Crippen molar-refractivity contribution in [2.24, 2.45) is 16.5 Å². The van der Waals surface area contributed by atoms with Crippen LogP contribution >= 0.6 is 12.4 Å². The van der Waals surface area contributed by atoms with E-state index < -0.39 is 36.5 Å². The summed E-state index contributed by atoms with van der Waals surface area (Å²) in [6, 6.07) is 10.5. The van der Waals surface area contributed by atoms with Crippen LogP contribution in [0.4, 0.5) is 10.5 Å². The first-order valence-electron chi connectivity index (χ1n) is 9.02. The van der Waals surface area contributed by atoms with E-state index in [-0.39, 0.29) is 36.3 Å². The van der Waals surface area contributed by atoms with Crippen LogP contribution < -0.4 is 21.5 Å². The molecule has 0 aliphatic heterocycles. The number of carboxylic acids is 2. The van der Waals surface area contributed by atoms with Crippen molar-refractivity contribution in [2.75, 3.05) is 0 Å². The SMILES string of the molecule is Cl.NC(N)=Nc1ccc(C(=O)Oc2ccc(COC(=O)NC(CC(=O)O)C(=O)O)cc2)cc1.